The average Bonchev–Trinajstić information content (AvgIpc) is 2.19. The summed E-state index contributed by atoms with van der Waals surface area (Å²) in [5.74, 6) is 0.976. The predicted octanol–water partition coefficient (Wildman–Crippen LogP) is 5.73. The summed E-state index contributed by atoms with van der Waals surface area (Å²) in [5, 5.41) is 0. The maximum atomic E-state index is 2.43. The predicted molar refractivity (Wildman–Crippen MR) is 71.7 cm³/mol. The number of unbranched alkanes of at least 4 members (excludes halogenated alkanes) is 6. The molecule has 0 aliphatic heterocycles. The lowest BCUT2D eigenvalue weighted by Gasteiger charge is -2.10. The second-order valence-corrected chi connectivity index (χ2v) is 4.80. The SMILES string of the molecule is CCCCCCC(C)CCCCCC.N. The van der Waals surface area contributed by atoms with Gasteiger partial charge in [-0.25, -0.2) is 0 Å². The van der Waals surface area contributed by atoms with Crippen LogP contribution in [0.15, 0.2) is 0 Å². The van der Waals surface area contributed by atoms with E-state index < -0.39 is 0 Å². The fourth-order valence-corrected chi connectivity index (χ4v) is 1.98. The third kappa shape index (κ3) is 14.0. The zero-order chi connectivity index (χ0) is 10.6. The molecule has 0 amide bonds. The van der Waals surface area contributed by atoms with Crippen molar-refractivity contribution in [2.75, 3.05) is 0 Å². The second kappa shape index (κ2) is 14.0. The van der Waals surface area contributed by atoms with Crippen LogP contribution < -0.4 is 6.15 Å². The normalized spacial score (nSPS) is 10.4. The van der Waals surface area contributed by atoms with Gasteiger partial charge in [-0.3, -0.25) is 0 Å². The molecule has 1 heteroatoms. The van der Waals surface area contributed by atoms with Crippen molar-refractivity contribution in [3.05, 3.63) is 0 Å². The topological polar surface area (TPSA) is 35.0 Å². The van der Waals surface area contributed by atoms with Gasteiger partial charge < -0.3 is 6.15 Å². The fraction of sp³-hybridized carbons (Fsp3) is 1.00. The van der Waals surface area contributed by atoms with Crippen LogP contribution in [-0.2, 0) is 0 Å². The standard InChI is InChI=1S/C14H30.H3N/c1-4-6-8-10-12-14(3)13-11-9-7-5-2;/h14H,4-13H2,1-3H3;1H3. The van der Waals surface area contributed by atoms with Gasteiger partial charge in [-0.05, 0) is 5.92 Å². The molecule has 3 N–H and O–H groups in total. The number of hydrogen-bond donors (Lipinski definition) is 1. The van der Waals surface area contributed by atoms with E-state index in [0.717, 1.165) is 5.92 Å². The van der Waals surface area contributed by atoms with Gasteiger partial charge in [-0.2, -0.15) is 0 Å². The van der Waals surface area contributed by atoms with Gasteiger partial charge in [-0.15, -0.1) is 0 Å². The maximum Gasteiger partial charge on any atom is -0.0443 e. The lowest BCUT2D eigenvalue weighted by Crippen LogP contribution is -1.94. The summed E-state index contributed by atoms with van der Waals surface area (Å²) in [5.41, 5.74) is 0. The van der Waals surface area contributed by atoms with Crippen LogP contribution in [0.5, 0.6) is 0 Å². The summed E-state index contributed by atoms with van der Waals surface area (Å²) in [6, 6.07) is 0. The Morgan fingerprint density at radius 2 is 1.07 bits per heavy atom. The molecule has 0 aromatic rings. The molecule has 0 aliphatic rings. The highest BCUT2D eigenvalue weighted by atomic mass is 14.1. The number of rotatable bonds is 10. The van der Waals surface area contributed by atoms with E-state index in [0.29, 0.717) is 0 Å². The molecule has 0 bridgehead atoms. The summed E-state index contributed by atoms with van der Waals surface area (Å²) in [7, 11) is 0. The van der Waals surface area contributed by atoms with Crippen molar-refractivity contribution in [1.82, 2.24) is 6.15 Å². The van der Waals surface area contributed by atoms with Crippen LogP contribution >= 0.6 is 0 Å². The highest BCUT2D eigenvalue weighted by Crippen LogP contribution is 2.17. The summed E-state index contributed by atoms with van der Waals surface area (Å²) >= 11 is 0. The smallest absolute Gasteiger partial charge is 0.0443 e. The van der Waals surface area contributed by atoms with E-state index in [1.165, 1.54) is 64.2 Å². The van der Waals surface area contributed by atoms with Gasteiger partial charge in [0.05, 0.1) is 0 Å². The van der Waals surface area contributed by atoms with Crippen molar-refractivity contribution in [2.24, 2.45) is 5.92 Å². The first kappa shape index (κ1) is 17.4. The molecule has 0 aromatic carbocycles. The minimum absolute atomic E-state index is 0. The van der Waals surface area contributed by atoms with E-state index in [1.54, 1.807) is 0 Å². The Balaban J connectivity index is 0. The minimum atomic E-state index is 0. The third-order valence-corrected chi connectivity index (χ3v) is 3.10. The summed E-state index contributed by atoms with van der Waals surface area (Å²) in [6.45, 7) is 7.00. The molecule has 94 valence electrons. The first-order valence-electron chi connectivity index (χ1n) is 6.81. The van der Waals surface area contributed by atoms with Gasteiger partial charge in [0.15, 0.2) is 0 Å². The van der Waals surface area contributed by atoms with E-state index in [2.05, 4.69) is 20.8 Å². The lowest BCUT2D eigenvalue weighted by atomic mass is 9.96. The maximum absolute atomic E-state index is 2.43. The zero-order valence-corrected chi connectivity index (χ0v) is 11.4. The van der Waals surface area contributed by atoms with Crippen LogP contribution in [-0.4, -0.2) is 0 Å². The molecule has 0 saturated carbocycles. The highest BCUT2D eigenvalue weighted by Gasteiger charge is 2.01. The fourth-order valence-electron chi connectivity index (χ4n) is 1.98. The molecule has 0 aromatic heterocycles. The molecule has 0 atom stereocenters. The Morgan fingerprint density at radius 3 is 1.40 bits per heavy atom. The Kier molecular flexibility index (Phi) is 16.2. The molecule has 15 heavy (non-hydrogen) atoms. The molecule has 0 spiro atoms. The zero-order valence-electron chi connectivity index (χ0n) is 11.4. The van der Waals surface area contributed by atoms with Crippen molar-refractivity contribution in [3.63, 3.8) is 0 Å². The van der Waals surface area contributed by atoms with Crippen LogP contribution in [0.1, 0.15) is 85.0 Å². The molecule has 0 fully saturated rings. The first-order valence-corrected chi connectivity index (χ1v) is 6.81. The van der Waals surface area contributed by atoms with Gasteiger partial charge in [0, 0.05) is 0 Å². The number of hydrogen-bond acceptors (Lipinski definition) is 1. The van der Waals surface area contributed by atoms with Gasteiger partial charge in [0.2, 0.25) is 0 Å². The molecule has 0 heterocycles. The largest absolute Gasteiger partial charge is 0.344 e. The Hall–Kier alpha value is -0.0400. The Labute approximate surface area is 97.6 Å². The van der Waals surface area contributed by atoms with Crippen molar-refractivity contribution < 1.29 is 0 Å². The monoisotopic (exact) mass is 215 g/mol. The summed E-state index contributed by atoms with van der Waals surface area (Å²) in [6.07, 6.45) is 14.4. The van der Waals surface area contributed by atoms with E-state index in [9.17, 15) is 0 Å². The molecular weight excluding hydrogens is 182 g/mol. The summed E-state index contributed by atoms with van der Waals surface area (Å²) < 4.78 is 0. The van der Waals surface area contributed by atoms with Gasteiger partial charge in [-0.1, -0.05) is 85.0 Å². The molecule has 0 saturated heterocycles. The average molecular weight is 215 g/mol. The van der Waals surface area contributed by atoms with Gasteiger partial charge in [0.25, 0.3) is 0 Å². The highest BCUT2D eigenvalue weighted by molar-refractivity contribution is 4.54. The van der Waals surface area contributed by atoms with Crippen LogP contribution in [0.2, 0.25) is 0 Å². The van der Waals surface area contributed by atoms with E-state index in [-0.39, 0.29) is 6.15 Å². The first-order chi connectivity index (χ1) is 6.81. The van der Waals surface area contributed by atoms with Gasteiger partial charge >= 0.3 is 0 Å². The molecule has 1 nitrogen and oxygen atoms in total. The quantitative estimate of drug-likeness (QED) is 0.464. The van der Waals surface area contributed by atoms with Crippen molar-refractivity contribution >= 4 is 0 Å². The molecule has 0 aliphatic carbocycles. The minimum Gasteiger partial charge on any atom is -0.344 e. The molecule has 0 radical (unpaired) electrons. The Morgan fingerprint density at radius 1 is 0.667 bits per heavy atom. The third-order valence-electron chi connectivity index (χ3n) is 3.10. The van der Waals surface area contributed by atoms with Gasteiger partial charge in [0.1, 0.15) is 0 Å². The van der Waals surface area contributed by atoms with Crippen LogP contribution in [0, 0.1) is 5.92 Å². The molecule has 0 unspecified atom stereocenters. The van der Waals surface area contributed by atoms with Crippen molar-refractivity contribution in [2.45, 2.75) is 85.0 Å². The van der Waals surface area contributed by atoms with E-state index in [1.807, 2.05) is 0 Å². The second-order valence-electron chi connectivity index (χ2n) is 4.80. The van der Waals surface area contributed by atoms with E-state index >= 15 is 0 Å². The van der Waals surface area contributed by atoms with Crippen LogP contribution in [0.4, 0.5) is 0 Å². The van der Waals surface area contributed by atoms with E-state index in [4.69, 9.17) is 0 Å². The summed E-state index contributed by atoms with van der Waals surface area (Å²) in [4.78, 5) is 0. The van der Waals surface area contributed by atoms with Crippen molar-refractivity contribution in [1.29, 1.82) is 0 Å². The van der Waals surface area contributed by atoms with Crippen LogP contribution in [0.25, 0.3) is 0 Å². The molecular formula is C14H33N. The van der Waals surface area contributed by atoms with Crippen LogP contribution in [0.3, 0.4) is 0 Å². The lowest BCUT2D eigenvalue weighted by molar-refractivity contribution is 0.436. The Bertz CT molecular complexity index is 89.5. The molecule has 0 rings (SSSR count). The van der Waals surface area contributed by atoms with Crippen molar-refractivity contribution in [3.8, 4) is 0 Å².